The van der Waals surface area contributed by atoms with Crippen molar-refractivity contribution in [3.05, 3.63) is 0 Å². The summed E-state index contributed by atoms with van der Waals surface area (Å²) < 4.78 is 0. The topological polar surface area (TPSA) is 26.0 Å². The number of fused-ring (bicyclic) bond motifs is 2. The fourth-order valence-corrected chi connectivity index (χ4v) is 5.14. The molecular weight excluding hydrogens is 206 g/mol. The first-order chi connectivity index (χ1) is 8.07. The lowest BCUT2D eigenvalue weighted by molar-refractivity contribution is 0.117. The fraction of sp³-hybridized carbons (Fsp3) is 1.00. The van der Waals surface area contributed by atoms with Gasteiger partial charge in [-0.2, -0.15) is 0 Å². The number of hydrogen-bond acceptors (Lipinski definition) is 1. The lowest BCUT2D eigenvalue weighted by Gasteiger charge is -2.44. The van der Waals surface area contributed by atoms with Crippen molar-refractivity contribution in [1.82, 2.24) is 0 Å². The van der Waals surface area contributed by atoms with Gasteiger partial charge in [-0.3, -0.25) is 0 Å². The van der Waals surface area contributed by atoms with Crippen LogP contribution in [-0.4, -0.2) is 5.54 Å². The second-order valence-electron chi connectivity index (χ2n) is 7.65. The lowest BCUT2D eigenvalue weighted by atomic mass is 9.65. The quantitative estimate of drug-likeness (QED) is 0.770. The van der Waals surface area contributed by atoms with Crippen molar-refractivity contribution in [2.75, 3.05) is 0 Å². The highest BCUT2D eigenvalue weighted by Gasteiger charge is 2.45. The molecule has 3 aliphatic rings. The predicted octanol–water partition coefficient (Wildman–Crippen LogP) is 3.97. The SMILES string of the molecule is CC1CCC(N)(CC2CC3CCC2C3)C(C)C1. The molecule has 3 aliphatic carbocycles. The maximum Gasteiger partial charge on any atom is 0.0183 e. The third kappa shape index (κ3) is 2.16. The van der Waals surface area contributed by atoms with Crippen LogP contribution in [0.2, 0.25) is 0 Å². The van der Waals surface area contributed by atoms with Crippen LogP contribution in [0.1, 0.15) is 65.2 Å². The molecule has 0 spiro atoms. The molecular formula is C16H29N. The first kappa shape index (κ1) is 12.0. The molecule has 2 N–H and O–H groups in total. The minimum Gasteiger partial charge on any atom is -0.325 e. The van der Waals surface area contributed by atoms with Gasteiger partial charge in [0.05, 0.1) is 0 Å². The summed E-state index contributed by atoms with van der Waals surface area (Å²) in [6.45, 7) is 4.80. The monoisotopic (exact) mass is 235 g/mol. The molecule has 98 valence electrons. The van der Waals surface area contributed by atoms with E-state index in [1.807, 2.05) is 0 Å². The standard InChI is InChI=1S/C16H29N/c1-11-5-6-16(17,12(2)7-11)10-15-9-13-3-4-14(15)8-13/h11-15H,3-10,17H2,1-2H3. The Morgan fingerprint density at radius 1 is 1.06 bits per heavy atom. The highest BCUT2D eigenvalue weighted by atomic mass is 14.8. The van der Waals surface area contributed by atoms with E-state index in [2.05, 4.69) is 13.8 Å². The molecule has 3 saturated carbocycles. The van der Waals surface area contributed by atoms with Crippen LogP contribution in [-0.2, 0) is 0 Å². The van der Waals surface area contributed by atoms with Crippen molar-refractivity contribution >= 4 is 0 Å². The van der Waals surface area contributed by atoms with Gasteiger partial charge in [0, 0.05) is 5.54 Å². The molecule has 1 heteroatoms. The van der Waals surface area contributed by atoms with Crippen LogP contribution in [0, 0.1) is 29.6 Å². The van der Waals surface area contributed by atoms with Gasteiger partial charge in [-0.15, -0.1) is 0 Å². The molecule has 0 radical (unpaired) electrons. The normalized spacial score (nSPS) is 54.2. The molecule has 0 amide bonds. The maximum absolute atomic E-state index is 6.78. The Kier molecular flexibility index (Phi) is 3.01. The van der Waals surface area contributed by atoms with E-state index in [1.165, 1.54) is 51.4 Å². The van der Waals surface area contributed by atoms with Gasteiger partial charge in [0.1, 0.15) is 0 Å². The molecule has 1 nitrogen and oxygen atoms in total. The molecule has 0 aliphatic heterocycles. The van der Waals surface area contributed by atoms with E-state index in [0.717, 1.165) is 29.6 Å². The minimum atomic E-state index is 0.182. The van der Waals surface area contributed by atoms with Crippen molar-refractivity contribution in [2.45, 2.75) is 70.8 Å². The summed E-state index contributed by atoms with van der Waals surface area (Å²) >= 11 is 0. The average molecular weight is 235 g/mol. The zero-order valence-electron chi connectivity index (χ0n) is 11.6. The van der Waals surface area contributed by atoms with Crippen molar-refractivity contribution in [3.63, 3.8) is 0 Å². The third-order valence-electron chi connectivity index (χ3n) is 6.37. The molecule has 6 atom stereocenters. The van der Waals surface area contributed by atoms with Crippen LogP contribution < -0.4 is 5.73 Å². The van der Waals surface area contributed by atoms with E-state index in [4.69, 9.17) is 5.73 Å². The molecule has 0 aromatic rings. The Morgan fingerprint density at radius 3 is 2.47 bits per heavy atom. The largest absolute Gasteiger partial charge is 0.325 e. The maximum atomic E-state index is 6.78. The molecule has 0 saturated heterocycles. The molecule has 6 unspecified atom stereocenters. The predicted molar refractivity (Wildman–Crippen MR) is 72.7 cm³/mol. The summed E-state index contributed by atoms with van der Waals surface area (Å²) in [7, 11) is 0. The molecule has 3 rings (SSSR count). The molecule has 17 heavy (non-hydrogen) atoms. The van der Waals surface area contributed by atoms with Gasteiger partial charge in [-0.25, -0.2) is 0 Å². The van der Waals surface area contributed by atoms with E-state index in [0.29, 0.717) is 0 Å². The summed E-state index contributed by atoms with van der Waals surface area (Å²) in [5.41, 5.74) is 6.96. The molecule has 3 fully saturated rings. The van der Waals surface area contributed by atoms with Crippen LogP contribution >= 0.6 is 0 Å². The van der Waals surface area contributed by atoms with Gasteiger partial charge in [0.25, 0.3) is 0 Å². The molecule has 0 heterocycles. The van der Waals surface area contributed by atoms with Gasteiger partial charge in [0.15, 0.2) is 0 Å². The van der Waals surface area contributed by atoms with Crippen LogP contribution in [0.3, 0.4) is 0 Å². The summed E-state index contributed by atoms with van der Waals surface area (Å²) in [5.74, 6) is 4.75. The van der Waals surface area contributed by atoms with Crippen molar-refractivity contribution in [3.8, 4) is 0 Å². The second-order valence-corrected chi connectivity index (χ2v) is 7.65. The Labute approximate surface area is 107 Å². The van der Waals surface area contributed by atoms with Crippen LogP contribution in [0.15, 0.2) is 0 Å². The van der Waals surface area contributed by atoms with Crippen molar-refractivity contribution < 1.29 is 0 Å². The molecule has 2 bridgehead atoms. The van der Waals surface area contributed by atoms with E-state index in [1.54, 1.807) is 0 Å². The fourth-order valence-electron chi connectivity index (χ4n) is 5.14. The summed E-state index contributed by atoms with van der Waals surface area (Å²) in [5, 5.41) is 0. The lowest BCUT2D eigenvalue weighted by Crippen LogP contribution is -2.51. The Hall–Kier alpha value is -0.0400. The third-order valence-corrected chi connectivity index (χ3v) is 6.37. The van der Waals surface area contributed by atoms with Crippen LogP contribution in [0.4, 0.5) is 0 Å². The second kappa shape index (κ2) is 4.26. The van der Waals surface area contributed by atoms with Gasteiger partial charge < -0.3 is 5.73 Å². The Morgan fingerprint density at radius 2 is 1.88 bits per heavy atom. The summed E-state index contributed by atoms with van der Waals surface area (Å²) in [6, 6.07) is 0. The first-order valence-corrected chi connectivity index (χ1v) is 7.85. The van der Waals surface area contributed by atoms with Crippen molar-refractivity contribution in [2.24, 2.45) is 35.3 Å². The number of rotatable bonds is 2. The van der Waals surface area contributed by atoms with Gasteiger partial charge >= 0.3 is 0 Å². The van der Waals surface area contributed by atoms with E-state index in [9.17, 15) is 0 Å². The zero-order valence-corrected chi connectivity index (χ0v) is 11.6. The smallest absolute Gasteiger partial charge is 0.0183 e. The van der Waals surface area contributed by atoms with Gasteiger partial charge in [0.2, 0.25) is 0 Å². The highest BCUT2D eigenvalue weighted by molar-refractivity contribution is 5.00. The highest BCUT2D eigenvalue weighted by Crippen LogP contribution is 2.52. The Bertz CT molecular complexity index is 287. The van der Waals surface area contributed by atoms with Crippen LogP contribution in [0.5, 0.6) is 0 Å². The van der Waals surface area contributed by atoms with Crippen molar-refractivity contribution in [1.29, 1.82) is 0 Å². The Balaban J connectivity index is 1.63. The average Bonchev–Trinajstić information content (AvgIpc) is 2.86. The number of nitrogens with two attached hydrogens (primary N) is 1. The van der Waals surface area contributed by atoms with Gasteiger partial charge in [-0.1, -0.05) is 20.3 Å². The van der Waals surface area contributed by atoms with E-state index in [-0.39, 0.29) is 5.54 Å². The first-order valence-electron chi connectivity index (χ1n) is 7.85. The number of hydrogen-bond donors (Lipinski definition) is 1. The van der Waals surface area contributed by atoms with E-state index < -0.39 is 0 Å². The summed E-state index contributed by atoms with van der Waals surface area (Å²) in [6.07, 6.45) is 11.4. The van der Waals surface area contributed by atoms with Gasteiger partial charge in [-0.05, 0) is 74.5 Å². The van der Waals surface area contributed by atoms with E-state index >= 15 is 0 Å². The minimum absolute atomic E-state index is 0.182. The van der Waals surface area contributed by atoms with Crippen LogP contribution in [0.25, 0.3) is 0 Å². The summed E-state index contributed by atoms with van der Waals surface area (Å²) in [4.78, 5) is 0. The zero-order chi connectivity index (χ0) is 12.0. The molecule has 0 aromatic carbocycles. The molecule has 0 aromatic heterocycles.